The lowest BCUT2D eigenvalue weighted by Gasteiger charge is -2.15. The number of aryl methyl sites for hydroxylation is 2. The van der Waals surface area contributed by atoms with E-state index in [2.05, 4.69) is 38.4 Å². The van der Waals surface area contributed by atoms with E-state index in [1.165, 1.54) is 11.8 Å². The fourth-order valence-electron chi connectivity index (χ4n) is 3.67. The molecule has 1 atom stereocenters. The Bertz CT molecular complexity index is 1140. The number of nitrogens with one attached hydrogen (secondary N) is 3. The van der Waals surface area contributed by atoms with Crippen LogP contribution in [0, 0.1) is 0 Å². The van der Waals surface area contributed by atoms with E-state index in [4.69, 9.17) is 17.0 Å². The van der Waals surface area contributed by atoms with E-state index in [1.54, 1.807) is 4.68 Å². The lowest BCUT2D eigenvalue weighted by atomic mass is 10.1. The summed E-state index contributed by atoms with van der Waals surface area (Å²) in [6.07, 6.45) is 4.87. The fraction of sp³-hybridized carbons (Fsp3) is 0.409. The topological polar surface area (TPSA) is 111 Å². The standard InChI is InChI=1S/C22H28N8O2S2/c1-3-15-7-4-5-9-17(15)23-21(33)26-24-19(31)14-34-22-27-25-20(18-10-11-29(2)28-18)30(22)13-16-8-6-12-32-16/h4-5,7,9-11,16H,3,6,8,12-14H2,1-2H3,(H,24,31)(H2,23,26,33)/t16-/m1/s1. The first-order valence-corrected chi connectivity index (χ1v) is 12.5. The normalized spacial score (nSPS) is 15.3. The zero-order valence-corrected chi connectivity index (χ0v) is 20.8. The molecule has 0 aliphatic carbocycles. The Balaban J connectivity index is 1.34. The summed E-state index contributed by atoms with van der Waals surface area (Å²) >= 11 is 6.61. The van der Waals surface area contributed by atoms with Crippen LogP contribution in [0.5, 0.6) is 0 Å². The molecular formula is C22H28N8O2S2. The monoisotopic (exact) mass is 500 g/mol. The summed E-state index contributed by atoms with van der Waals surface area (Å²) in [6, 6.07) is 9.80. The van der Waals surface area contributed by atoms with Gasteiger partial charge in [-0.1, -0.05) is 36.9 Å². The predicted molar refractivity (Wildman–Crippen MR) is 135 cm³/mol. The molecule has 34 heavy (non-hydrogen) atoms. The number of thiocarbonyl (C=S) groups is 1. The lowest BCUT2D eigenvalue weighted by Crippen LogP contribution is -2.44. The maximum atomic E-state index is 12.5. The number of anilines is 1. The van der Waals surface area contributed by atoms with Gasteiger partial charge in [0.1, 0.15) is 5.69 Å². The van der Waals surface area contributed by atoms with Crippen LogP contribution in [0.1, 0.15) is 25.3 Å². The van der Waals surface area contributed by atoms with Gasteiger partial charge in [0.2, 0.25) is 5.91 Å². The molecule has 0 spiro atoms. The van der Waals surface area contributed by atoms with Crippen LogP contribution in [-0.2, 0) is 29.5 Å². The van der Waals surface area contributed by atoms with Crippen molar-refractivity contribution < 1.29 is 9.53 Å². The van der Waals surface area contributed by atoms with Crippen LogP contribution >= 0.6 is 24.0 Å². The number of benzene rings is 1. The van der Waals surface area contributed by atoms with Gasteiger partial charge in [0.25, 0.3) is 0 Å². The van der Waals surface area contributed by atoms with E-state index >= 15 is 0 Å². The third-order valence-corrected chi connectivity index (χ3v) is 6.53. The summed E-state index contributed by atoms with van der Waals surface area (Å²) in [5.74, 6) is 0.577. The highest BCUT2D eigenvalue weighted by molar-refractivity contribution is 7.99. The summed E-state index contributed by atoms with van der Waals surface area (Å²) in [4.78, 5) is 12.5. The predicted octanol–water partition coefficient (Wildman–Crippen LogP) is 2.53. The van der Waals surface area contributed by atoms with Crippen LogP contribution in [-0.4, -0.2) is 54.0 Å². The highest BCUT2D eigenvalue weighted by Crippen LogP contribution is 2.25. The maximum Gasteiger partial charge on any atom is 0.248 e. The lowest BCUT2D eigenvalue weighted by molar-refractivity contribution is -0.119. The minimum absolute atomic E-state index is 0.0998. The number of rotatable bonds is 8. The van der Waals surface area contributed by atoms with Crippen LogP contribution in [0.3, 0.4) is 0 Å². The number of carbonyl (C=O) groups is 1. The van der Waals surface area contributed by atoms with Gasteiger partial charge in [0.15, 0.2) is 16.1 Å². The molecule has 12 heteroatoms. The van der Waals surface area contributed by atoms with Crippen molar-refractivity contribution in [1.29, 1.82) is 0 Å². The summed E-state index contributed by atoms with van der Waals surface area (Å²) in [5.41, 5.74) is 8.18. The molecule has 0 saturated carbocycles. The number of thioether (sulfide) groups is 1. The molecule has 180 valence electrons. The highest BCUT2D eigenvalue weighted by atomic mass is 32.2. The second-order valence-corrected chi connectivity index (χ2v) is 9.20. The molecule has 1 aromatic carbocycles. The molecule has 1 aliphatic heterocycles. The first-order chi connectivity index (χ1) is 16.5. The van der Waals surface area contributed by atoms with Gasteiger partial charge in [-0.05, 0) is 49.2 Å². The first-order valence-electron chi connectivity index (χ1n) is 11.1. The van der Waals surface area contributed by atoms with Crippen molar-refractivity contribution in [3.63, 3.8) is 0 Å². The number of para-hydroxylation sites is 1. The molecule has 0 radical (unpaired) electrons. The largest absolute Gasteiger partial charge is 0.376 e. The molecule has 1 aliphatic rings. The minimum atomic E-state index is -0.232. The van der Waals surface area contributed by atoms with Crippen molar-refractivity contribution in [2.75, 3.05) is 17.7 Å². The SMILES string of the molecule is CCc1ccccc1NC(=S)NNC(=O)CSc1nnc(-c2ccn(C)n2)n1C[C@H]1CCCO1. The Morgan fingerprint density at radius 1 is 1.26 bits per heavy atom. The fourth-order valence-corrected chi connectivity index (χ4v) is 4.58. The molecule has 3 heterocycles. The van der Waals surface area contributed by atoms with Gasteiger partial charge in [-0.15, -0.1) is 10.2 Å². The number of nitrogens with zero attached hydrogens (tertiary/aromatic N) is 5. The third kappa shape index (κ3) is 6.13. The first kappa shape index (κ1) is 24.2. The highest BCUT2D eigenvalue weighted by Gasteiger charge is 2.23. The second kappa shape index (κ2) is 11.4. The quantitative estimate of drug-likeness (QED) is 0.244. The van der Waals surface area contributed by atoms with Gasteiger partial charge in [-0.2, -0.15) is 5.10 Å². The number of aromatic nitrogens is 5. The van der Waals surface area contributed by atoms with Crippen molar-refractivity contribution in [2.24, 2.45) is 7.05 Å². The van der Waals surface area contributed by atoms with Gasteiger partial charge in [0.05, 0.1) is 18.4 Å². The number of amides is 1. The minimum Gasteiger partial charge on any atom is -0.376 e. The Morgan fingerprint density at radius 2 is 2.12 bits per heavy atom. The molecule has 0 unspecified atom stereocenters. The summed E-state index contributed by atoms with van der Waals surface area (Å²) in [7, 11) is 1.86. The number of ether oxygens (including phenoxy) is 1. The summed E-state index contributed by atoms with van der Waals surface area (Å²) in [6.45, 7) is 3.46. The van der Waals surface area contributed by atoms with E-state index in [0.29, 0.717) is 22.6 Å². The van der Waals surface area contributed by atoms with E-state index in [9.17, 15) is 4.79 Å². The molecule has 0 bridgehead atoms. The summed E-state index contributed by atoms with van der Waals surface area (Å²) < 4.78 is 9.52. The van der Waals surface area contributed by atoms with Crippen LogP contribution in [0.25, 0.3) is 11.5 Å². The van der Waals surface area contributed by atoms with E-state index in [0.717, 1.165) is 42.8 Å². The van der Waals surface area contributed by atoms with Crippen LogP contribution in [0.4, 0.5) is 5.69 Å². The number of hydrogen-bond acceptors (Lipinski definition) is 7. The Hall–Kier alpha value is -2.96. The average molecular weight is 501 g/mol. The number of hydrazine groups is 1. The Labute approximate surface area is 207 Å². The third-order valence-electron chi connectivity index (χ3n) is 5.36. The van der Waals surface area contributed by atoms with E-state index in [1.807, 2.05) is 48.1 Å². The van der Waals surface area contributed by atoms with Gasteiger partial charge in [-0.25, -0.2) is 0 Å². The van der Waals surface area contributed by atoms with Gasteiger partial charge >= 0.3 is 0 Å². The van der Waals surface area contributed by atoms with Crippen molar-refractivity contribution in [3.8, 4) is 11.5 Å². The van der Waals surface area contributed by atoms with Crippen molar-refractivity contribution in [2.45, 2.75) is 44.0 Å². The maximum absolute atomic E-state index is 12.5. The van der Waals surface area contributed by atoms with Crippen LogP contribution in [0.2, 0.25) is 0 Å². The number of carbonyl (C=O) groups excluding carboxylic acids is 1. The smallest absolute Gasteiger partial charge is 0.248 e. The average Bonchev–Trinajstić information content (AvgIpc) is 3.59. The molecular weight excluding hydrogens is 472 g/mol. The van der Waals surface area contributed by atoms with Gasteiger partial charge in [-0.3, -0.25) is 24.9 Å². The Morgan fingerprint density at radius 3 is 2.85 bits per heavy atom. The summed E-state index contributed by atoms with van der Waals surface area (Å²) in [5, 5.41) is 17.2. The molecule has 1 fully saturated rings. The van der Waals surface area contributed by atoms with Crippen LogP contribution < -0.4 is 16.2 Å². The second-order valence-electron chi connectivity index (χ2n) is 7.85. The van der Waals surface area contributed by atoms with Gasteiger partial charge < -0.3 is 10.1 Å². The number of hydrogen-bond donors (Lipinski definition) is 3. The Kier molecular flexibility index (Phi) is 8.14. The zero-order chi connectivity index (χ0) is 23.9. The van der Waals surface area contributed by atoms with Gasteiger partial charge in [0, 0.05) is 25.5 Å². The van der Waals surface area contributed by atoms with Crippen molar-refractivity contribution in [3.05, 3.63) is 42.1 Å². The molecule has 1 saturated heterocycles. The van der Waals surface area contributed by atoms with Crippen LogP contribution in [0.15, 0.2) is 41.7 Å². The molecule has 3 aromatic rings. The molecule has 10 nitrogen and oxygen atoms in total. The molecule has 3 N–H and O–H groups in total. The zero-order valence-electron chi connectivity index (χ0n) is 19.2. The van der Waals surface area contributed by atoms with Crippen molar-refractivity contribution >= 4 is 40.7 Å². The molecule has 1 amide bonds. The van der Waals surface area contributed by atoms with E-state index < -0.39 is 0 Å². The van der Waals surface area contributed by atoms with Crippen molar-refractivity contribution in [1.82, 2.24) is 35.4 Å². The molecule has 4 rings (SSSR count). The molecule has 2 aromatic heterocycles. The van der Waals surface area contributed by atoms with E-state index in [-0.39, 0.29) is 17.8 Å².